The second kappa shape index (κ2) is 7.15. The molecule has 2 N–H and O–H groups in total. The zero-order valence-electron chi connectivity index (χ0n) is 15.6. The maximum Gasteiger partial charge on any atom is 0.262 e. The molecule has 4 rings (SSSR count). The molecule has 4 aromatic rings. The zero-order valence-corrected chi connectivity index (χ0v) is 15.6. The SMILES string of the molecule is CCn1c(=O)c2ccccc2n2c(CNc3ccccc3C(=O)NC)nnc12. The number of aryl methyl sites for hydroxylation is 1. The number of rotatable bonds is 5. The van der Waals surface area contributed by atoms with Crippen LogP contribution in [-0.2, 0) is 13.1 Å². The van der Waals surface area contributed by atoms with Gasteiger partial charge in [0, 0.05) is 19.3 Å². The van der Waals surface area contributed by atoms with E-state index < -0.39 is 0 Å². The minimum Gasteiger partial charge on any atom is -0.377 e. The van der Waals surface area contributed by atoms with Crippen LogP contribution in [0.5, 0.6) is 0 Å². The van der Waals surface area contributed by atoms with Crippen LogP contribution in [0.15, 0.2) is 53.3 Å². The van der Waals surface area contributed by atoms with Crippen molar-refractivity contribution in [2.45, 2.75) is 20.0 Å². The standard InChI is InChI=1S/C20H20N6O2/c1-3-25-19(28)14-9-5-7-11-16(14)26-17(23-24-20(25)26)12-22-15-10-6-4-8-13(15)18(27)21-2/h4-11,22H,3,12H2,1-2H3,(H,21,27). The smallest absolute Gasteiger partial charge is 0.262 e. The normalized spacial score (nSPS) is 11.1. The van der Waals surface area contributed by atoms with Crippen LogP contribution in [0, 0.1) is 0 Å². The maximum atomic E-state index is 12.7. The van der Waals surface area contributed by atoms with Gasteiger partial charge in [-0.3, -0.25) is 18.6 Å². The van der Waals surface area contributed by atoms with E-state index in [2.05, 4.69) is 20.8 Å². The summed E-state index contributed by atoms with van der Waals surface area (Å²) < 4.78 is 3.49. The topological polar surface area (TPSA) is 93.3 Å². The van der Waals surface area contributed by atoms with Crippen LogP contribution < -0.4 is 16.2 Å². The Morgan fingerprint density at radius 2 is 1.82 bits per heavy atom. The van der Waals surface area contributed by atoms with Crippen LogP contribution >= 0.6 is 0 Å². The summed E-state index contributed by atoms with van der Waals surface area (Å²) >= 11 is 0. The lowest BCUT2D eigenvalue weighted by atomic mass is 10.1. The number of carbonyl (C=O) groups is 1. The number of benzene rings is 2. The van der Waals surface area contributed by atoms with Gasteiger partial charge in [-0.05, 0) is 31.2 Å². The van der Waals surface area contributed by atoms with Crippen LogP contribution in [0.2, 0.25) is 0 Å². The molecule has 0 radical (unpaired) electrons. The summed E-state index contributed by atoms with van der Waals surface area (Å²) in [5.74, 6) is 0.988. The number of para-hydroxylation sites is 2. The van der Waals surface area contributed by atoms with Crippen LogP contribution in [-0.4, -0.2) is 32.1 Å². The lowest BCUT2D eigenvalue weighted by Crippen LogP contribution is -2.23. The van der Waals surface area contributed by atoms with Crippen molar-refractivity contribution >= 4 is 28.3 Å². The first-order valence-corrected chi connectivity index (χ1v) is 9.06. The van der Waals surface area contributed by atoms with Gasteiger partial charge < -0.3 is 10.6 Å². The van der Waals surface area contributed by atoms with Gasteiger partial charge in [0.05, 0.1) is 23.0 Å². The fourth-order valence-corrected chi connectivity index (χ4v) is 3.36. The number of aromatic nitrogens is 4. The van der Waals surface area contributed by atoms with Crippen molar-refractivity contribution < 1.29 is 4.79 Å². The van der Waals surface area contributed by atoms with E-state index in [1.807, 2.05) is 47.7 Å². The Labute approximate surface area is 160 Å². The molecule has 2 heterocycles. The molecule has 0 atom stereocenters. The van der Waals surface area contributed by atoms with Crippen LogP contribution in [0.1, 0.15) is 23.1 Å². The first-order chi connectivity index (χ1) is 13.7. The van der Waals surface area contributed by atoms with Gasteiger partial charge in [-0.2, -0.15) is 0 Å². The summed E-state index contributed by atoms with van der Waals surface area (Å²) in [6.45, 7) is 2.75. The summed E-state index contributed by atoms with van der Waals surface area (Å²) in [7, 11) is 1.60. The molecule has 28 heavy (non-hydrogen) atoms. The largest absolute Gasteiger partial charge is 0.377 e. The molecule has 0 aliphatic rings. The fraction of sp³-hybridized carbons (Fsp3) is 0.200. The van der Waals surface area contributed by atoms with Gasteiger partial charge in [-0.25, -0.2) is 0 Å². The van der Waals surface area contributed by atoms with Gasteiger partial charge in [0.2, 0.25) is 5.78 Å². The molecule has 1 amide bonds. The Morgan fingerprint density at radius 3 is 2.61 bits per heavy atom. The molecular formula is C20H20N6O2. The monoisotopic (exact) mass is 376 g/mol. The number of hydrogen-bond acceptors (Lipinski definition) is 5. The van der Waals surface area contributed by atoms with E-state index in [0.29, 0.717) is 41.3 Å². The van der Waals surface area contributed by atoms with E-state index >= 15 is 0 Å². The van der Waals surface area contributed by atoms with E-state index in [4.69, 9.17) is 0 Å². The molecule has 2 aromatic heterocycles. The fourth-order valence-electron chi connectivity index (χ4n) is 3.36. The van der Waals surface area contributed by atoms with E-state index in [1.54, 1.807) is 23.7 Å². The van der Waals surface area contributed by atoms with Gasteiger partial charge in [0.1, 0.15) is 0 Å². The maximum absolute atomic E-state index is 12.7. The Morgan fingerprint density at radius 1 is 1.07 bits per heavy atom. The molecule has 8 nitrogen and oxygen atoms in total. The van der Waals surface area contributed by atoms with E-state index in [1.165, 1.54) is 0 Å². The molecule has 0 bridgehead atoms. The third-order valence-corrected chi connectivity index (χ3v) is 4.73. The quantitative estimate of drug-likeness (QED) is 0.556. The predicted molar refractivity (Wildman–Crippen MR) is 108 cm³/mol. The number of amides is 1. The first kappa shape index (κ1) is 17.7. The van der Waals surface area contributed by atoms with Crippen LogP contribution in [0.25, 0.3) is 16.7 Å². The van der Waals surface area contributed by atoms with Crippen LogP contribution in [0.4, 0.5) is 5.69 Å². The van der Waals surface area contributed by atoms with E-state index in [9.17, 15) is 9.59 Å². The molecule has 0 spiro atoms. The molecule has 8 heteroatoms. The zero-order chi connectivity index (χ0) is 19.7. The number of fused-ring (bicyclic) bond motifs is 3. The summed E-state index contributed by atoms with van der Waals surface area (Å²) in [4.78, 5) is 24.8. The second-order valence-electron chi connectivity index (χ2n) is 6.30. The minimum atomic E-state index is -0.167. The molecule has 0 saturated heterocycles. The number of nitrogens with zero attached hydrogens (tertiary/aromatic N) is 4. The number of anilines is 1. The van der Waals surface area contributed by atoms with Crippen LogP contribution in [0.3, 0.4) is 0 Å². The van der Waals surface area contributed by atoms with Gasteiger partial charge in [-0.15, -0.1) is 10.2 Å². The molecule has 142 valence electrons. The molecule has 0 saturated carbocycles. The van der Waals surface area contributed by atoms with Gasteiger partial charge in [0.15, 0.2) is 5.82 Å². The van der Waals surface area contributed by atoms with Gasteiger partial charge in [-0.1, -0.05) is 24.3 Å². The Balaban J connectivity index is 1.81. The van der Waals surface area contributed by atoms with Crippen molar-refractivity contribution in [3.63, 3.8) is 0 Å². The highest BCUT2D eigenvalue weighted by molar-refractivity contribution is 5.99. The summed E-state index contributed by atoms with van der Waals surface area (Å²) in [6, 6.07) is 14.7. The third-order valence-electron chi connectivity index (χ3n) is 4.73. The number of nitrogens with one attached hydrogen (secondary N) is 2. The highest BCUT2D eigenvalue weighted by Gasteiger charge is 2.16. The molecule has 0 unspecified atom stereocenters. The van der Waals surface area contributed by atoms with Crippen molar-refractivity contribution in [1.82, 2.24) is 24.5 Å². The molecule has 0 aliphatic heterocycles. The lowest BCUT2D eigenvalue weighted by molar-refractivity contribution is 0.0964. The lowest BCUT2D eigenvalue weighted by Gasteiger charge is -2.12. The number of carbonyl (C=O) groups excluding carboxylic acids is 1. The average molecular weight is 376 g/mol. The Kier molecular flexibility index (Phi) is 4.52. The Bertz CT molecular complexity index is 1240. The first-order valence-electron chi connectivity index (χ1n) is 9.06. The third kappa shape index (κ3) is 2.79. The van der Waals surface area contributed by atoms with Crippen molar-refractivity contribution in [3.8, 4) is 0 Å². The van der Waals surface area contributed by atoms with Gasteiger partial charge in [0.25, 0.3) is 11.5 Å². The van der Waals surface area contributed by atoms with Gasteiger partial charge >= 0.3 is 0 Å². The van der Waals surface area contributed by atoms with Crippen molar-refractivity contribution in [1.29, 1.82) is 0 Å². The average Bonchev–Trinajstić information content (AvgIpc) is 3.16. The van der Waals surface area contributed by atoms with Crippen molar-refractivity contribution in [2.24, 2.45) is 0 Å². The highest BCUT2D eigenvalue weighted by atomic mass is 16.1. The highest BCUT2D eigenvalue weighted by Crippen LogP contribution is 2.18. The number of hydrogen-bond donors (Lipinski definition) is 2. The molecule has 2 aromatic carbocycles. The second-order valence-corrected chi connectivity index (χ2v) is 6.30. The van der Waals surface area contributed by atoms with Crippen molar-refractivity contribution in [3.05, 3.63) is 70.3 Å². The predicted octanol–water partition coefficient (Wildman–Crippen LogP) is 2.04. The Hall–Kier alpha value is -3.68. The molecule has 0 fully saturated rings. The van der Waals surface area contributed by atoms with Crippen molar-refractivity contribution in [2.75, 3.05) is 12.4 Å². The molecular weight excluding hydrogens is 356 g/mol. The summed E-state index contributed by atoms with van der Waals surface area (Å²) in [5, 5.41) is 15.1. The summed E-state index contributed by atoms with van der Waals surface area (Å²) in [5.41, 5.74) is 1.93. The molecule has 0 aliphatic carbocycles. The van der Waals surface area contributed by atoms with E-state index in [0.717, 1.165) is 5.52 Å². The summed E-state index contributed by atoms with van der Waals surface area (Å²) in [6.07, 6.45) is 0. The minimum absolute atomic E-state index is 0.0810. The van der Waals surface area contributed by atoms with E-state index in [-0.39, 0.29) is 11.5 Å².